The normalized spacial score (nSPS) is 8.66. The quantitative estimate of drug-likeness (QED) is 0.128. The van der Waals surface area contributed by atoms with Gasteiger partial charge in [-0.2, -0.15) is 0 Å². The van der Waals surface area contributed by atoms with E-state index in [1.165, 1.54) is 12.1 Å². The predicted molar refractivity (Wildman–Crippen MR) is 164 cm³/mol. The Kier molecular flexibility index (Phi) is 27.9. The molecule has 0 fully saturated rings. The van der Waals surface area contributed by atoms with Gasteiger partial charge in [-0.25, -0.2) is 8.78 Å². The van der Waals surface area contributed by atoms with Crippen LogP contribution in [0.1, 0.15) is 8.85 Å². The summed E-state index contributed by atoms with van der Waals surface area (Å²) in [5.41, 5.74) is 0. The molecule has 5 rings (SSSR count). The average Bonchev–Trinajstić information content (AvgIpc) is 2.94. The summed E-state index contributed by atoms with van der Waals surface area (Å²) in [4.78, 5) is 11.2. The van der Waals surface area contributed by atoms with Crippen molar-refractivity contribution >= 4 is 38.3 Å². The van der Waals surface area contributed by atoms with Gasteiger partial charge in [-0.3, -0.25) is 4.79 Å². The molecule has 0 amide bonds. The summed E-state index contributed by atoms with van der Waals surface area (Å²) in [6, 6.07) is 36.9. The van der Waals surface area contributed by atoms with E-state index in [1.54, 1.807) is 24.3 Å². The summed E-state index contributed by atoms with van der Waals surface area (Å²) in [7, 11) is 0. The third-order valence-electron chi connectivity index (χ3n) is 4.43. The van der Waals surface area contributed by atoms with Crippen molar-refractivity contribution in [1.82, 2.24) is 0 Å². The van der Waals surface area contributed by atoms with E-state index in [0.29, 0.717) is 10.2 Å². The first kappa shape index (κ1) is 45.1. The number of aromatic hydroxyl groups is 1. The van der Waals surface area contributed by atoms with Crippen LogP contribution in [0.15, 0.2) is 136 Å². The number of phenolic OH excluding ortho intramolecular Hbond substituents is 1. The van der Waals surface area contributed by atoms with Gasteiger partial charge in [-0.05, 0) is 60.7 Å². The van der Waals surface area contributed by atoms with Gasteiger partial charge in [-0.1, -0.05) is 93.9 Å². The fraction of sp³-hybridized carbons (Fsp3) is 0.0312. The van der Waals surface area contributed by atoms with E-state index in [0.717, 1.165) is 33.5 Å². The van der Waals surface area contributed by atoms with Crippen molar-refractivity contribution in [1.29, 1.82) is 0 Å². The van der Waals surface area contributed by atoms with Crippen LogP contribution in [0.3, 0.4) is 0 Å². The Hall–Kier alpha value is -0.977. The molecule has 0 bridgehead atoms. The van der Waals surface area contributed by atoms with Crippen LogP contribution in [-0.2, 0) is 9.68 Å². The Bertz CT molecular complexity index is 1350. The van der Waals surface area contributed by atoms with E-state index in [2.05, 4.69) is 36.7 Å². The fourth-order valence-corrected chi connectivity index (χ4v) is 3.74. The number of carbonyl (C=O) groups excluding carboxylic acids is 1. The molecule has 5 aromatic rings. The largest absolute Gasteiger partial charge is 1.00 e. The molecule has 44 heavy (non-hydrogen) atoms. The Morgan fingerprint density at radius 3 is 1.25 bits per heavy atom. The Morgan fingerprint density at radius 1 is 0.614 bits per heavy atom. The van der Waals surface area contributed by atoms with Crippen LogP contribution in [0, 0.1) is 11.6 Å². The molecule has 0 aromatic heterocycles. The van der Waals surface area contributed by atoms with Gasteiger partial charge in [0, 0.05) is 21.1 Å². The van der Waals surface area contributed by atoms with Gasteiger partial charge in [-0.15, -0.1) is 0 Å². The minimum absolute atomic E-state index is 0. The van der Waals surface area contributed by atoms with Gasteiger partial charge in [0.25, 0.3) is 6.47 Å². The molecular weight excluding hydrogens is 756 g/mol. The standard InChI is InChI=1S/C18H13BrO2.C6H3BrF2.C6H6O.CH2O3.CH4.2K.H/c19-14-11-17(20-15-7-3-1-4-8-15)13-18(12-14)21-16-9-5-2-6-10-16;7-4-1-5(8)3-6(9)2-4;7-6-4-2-1-3-5-6;2-1-4-3;;;;/h1-13H;1-3H;1-5,7H;1,3H;1H4;;;/q;;;;;2*+1;-1/p-1. The summed E-state index contributed by atoms with van der Waals surface area (Å²) in [5.74, 6) is 2.22. The van der Waals surface area contributed by atoms with Crippen LogP contribution in [0.25, 0.3) is 0 Å². The van der Waals surface area contributed by atoms with Gasteiger partial charge in [0.1, 0.15) is 40.4 Å². The molecule has 0 saturated carbocycles. The monoisotopic (exact) mass is 782 g/mol. The third kappa shape index (κ3) is 20.9. The van der Waals surface area contributed by atoms with Crippen molar-refractivity contribution in [3.05, 3.63) is 148 Å². The zero-order chi connectivity index (χ0) is 29.9. The topological polar surface area (TPSA) is 88.1 Å². The first-order valence-electron chi connectivity index (χ1n) is 11.6. The first-order valence-corrected chi connectivity index (χ1v) is 13.2. The molecule has 5 aromatic carbocycles. The number of para-hydroxylation sites is 3. The van der Waals surface area contributed by atoms with Crippen molar-refractivity contribution in [3.63, 3.8) is 0 Å². The van der Waals surface area contributed by atoms with E-state index >= 15 is 0 Å². The molecule has 0 aliphatic rings. The second kappa shape index (κ2) is 27.2. The van der Waals surface area contributed by atoms with E-state index in [9.17, 15) is 8.78 Å². The summed E-state index contributed by atoms with van der Waals surface area (Å²) < 4.78 is 37.3. The maximum absolute atomic E-state index is 12.2. The summed E-state index contributed by atoms with van der Waals surface area (Å²) in [6.07, 6.45) is 0. The molecule has 0 aliphatic carbocycles. The molecule has 0 atom stereocenters. The van der Waals surface area contributed by atoms with Crippen LogP contribution in [0.4, 0.5) is 8.78 Å². The number of phenols is 1. The zero-order valence-electron chi connectivity index (χ0n) is 24.2. The van der Waals surface area contributed by atoms with Gasteiger partial charge in [0.05, 0.1) is 0 Å². The first-order chi connectivity index (χ1) is 19.8. The smallest absolute Gasteiger partial charge is 1.00 e. The summed E-state index contributed by atoms with van der Waals surface area (Å²) >= 11 is 6.41. The molecular formula is C32H28Br2F2K2O6. The molecule has 0 heterocycles. The van der Waals surface area contributed by atoms with Gasteiger partial charge in [0.15, 0.2) is 0 Å². The predicted octanol–water partition coefficient (Wildman–Crippen LogP) is 3.34. The van der Waals surface area contributed by atoms with Gasteiger partial charge < -0.3 is 26.2 Å². The number of benzene rings is 5. The summed E-state index contributed by atoms with van der Waals surface area (Å²) in [5, 5.41) is 17.1. The Morgan fingerprint density at radius 2 is 0.955 bits per heavy atom. The molecule has 0 saturated heterocycles. The molecule has 12 heteroatoms. The minimum Gasteiger partial charge on any atom is -1.00 e. The fourth-order valence-electron chi connectivity index (χ4n) is 2.85. The number of halogens is 4. The molecule has 222 valence electrons. The zero-order valence-corrected chi connectivity index (χ0v) is 32.6. The van der Waals surface area contributed by atoms with Crippen LogP contribution >= 0.6 is 31.9 Å². The van der Waals surface area contributed by atoms with Crippen molar-refractivity contribution in [3.8, 4) is 28.7 Å². The van der Waals surface area contributed by atoms with Crippen LogP contribution < -0.4 is 118 Å². The van der Waals surface area contributed by atoms with Gasteiger partial charge >= 0.3 is 103 Å². The van der Waals surface area contributed by atoms with Crippen LogP contribution in [0.5, 0.6) is 28.7 Å². The van der Waals surface area contributed by atoms with Crippen LogP contribution in [-0.4, -0.2) is 11.6 Å². The van der Waals surface area contributed by atoms with E-state index in [4.69, 9.17) is 24.6 Å². The molecule has 0 aliphatic heterocycles. The molecule has 0 radical (unpaired) electrons. The van der Waals surface area contributed by atoms with Crippen molar-refractivity contribution in [2.45, 2.75) is 7.43 Å². The number of ether oxygens (including phenoxy) is 2. The van der Waals surface area contributed by atoms with Crippen molar-refractivity contribution in [2.24, 2.45) is 0 Å². The Labute approximate surface area is 359 Å². The average molecular weight is 785 g/mol. The number of carbonyl (C=O) groups is 1. The van der Waals surface area contributed by atoms with Crippen molar-refractivity contribution < 1.29 is 142 Å². The maximum atomic E-state index is 12.2. The molecule has 0 spiro atoms. The minimum atomic E-state index is -0.568. The van der Waals surface area contributed by atoms with Crippen molar-refractivity contribution in [2.75, 3.05) is 0 Å². The Balaban J connectivity index is -0.000000616. The maximum Gasteiger partial charge on any atom is 1.00 e. The third-order valence-corrected chi connectivity index (χ3v) is 5.34. The van der Waals surface area contributed by atoms with E-state index in [1.807, 2.05) is 84.9 Å². The van der Waals surface area contributed by atoms with E-state index < -0.39 is 11.6 Å². The van der Waals surface area contributed by atoms with E-state index in [-0.39, 0.29) is 118 Å². The van der Waals surface area contributed by atoms with Gasteiger partial charge in [0.2, 0.25) is 0 Å². The molecule has 1 N–H and O–H groups in total. The number of hydrogen-bond donors (Lipinski definition) is 1. The second-order valence-electron chi connectivity index (χ2n) is 7.57. The molecule has 6 nitrogen and oxygen atoms in total. The number of hydrogen-bond acceptors (Lipinski definition) is 6. The van der Waals surface area contributed by atoms with Crippen LogP contribution in [0.2, 0.25) is 0 Å². The number of rotatable bonds is 5. The SMILES string of the molecule is Brc1cc(Oc2ccccc2)cc(Oc2ccccc2)c1.C.Fc1cc(F)cc(Br)c1.O=CO[O-].Oc1ccccc1.[H-].[K+].[K+]. The summed E-state index contributed by atoms with van der Waals surface area (Å²) in [6.45, 7) is -0.181. The second-order valence-corrected chi connectivity index (χ2v) is 9.40. The molecule has 0 unspecified atom stereocenters.